The van der Waals surface area contributed by atoms with Gasteiger partial charge in [0.05, 0.1) is 0 Å². The molecule has 0 saturated heterocycles. The molecule has 2 heteroatoms. The molecule has 0 amide bonds. The second-order valence-corrected chi connectivity index (χ2v) is 4.28. The van der Waals surface area contributed by atoms with Crippen LogP contribution in [0.3, 0.4) is 0 Å². The summed E-state index contributed by atoms with van der Waals surface area (Å²) in [4.78, 5) is 1.31. The maximum Gasteiger partial charge on any atom is 0.0349 e. The third-order valence-electron chi connectivity index (χ3n) is 2.06. The van der Waals surface area contributed by atoms with Crippen LogP contribution in [0.5, 0.6) is 0 Å². The van der Waals surface area contributed by atoms with Gasteiger partial charge in [0, 0.05) is 9.58 Å². The highest BCUT2D eigenvalue weighted by atomic mass is 32.1. The first-order chi connectivity index (χ1) is 6.90. The molecule has 0 unspecified atom stereocenters. The maximum absolute atomic E-state index is 5.42. The minimum absolute atomic E-state index is 0.724. The molecular weight excluding hydrogens is 190 g/mol. The molecule has 1 heterocycles. The van der Waals surface area contributed by atoms with E-state index in [2.05, 4.69) is 42.5 Å². The quantitative estimate of drug-likeness (QED) is 0.814. The van der Waals surface area contributed by atoms with Crippen LogP contribution in [-0.2, 0) is 0 Å². The number of hydrogen-bond acceptors (Lipinski definition) is 2. The summed E-state index contributed by atoms with van der Waals surface area (Å²) in [6, 6.07) is 10.7. The summed E-state index contributed by atoms with van der Waals surface area (Å²) in [6.07, 6.45) is 5.23. The van der Waals surface area contributed by atoms with Crippen molar-refractivity contribution in [2.75, 3.05) is 6.54 Å². The van der Waals surface area contributed by atoms with Crippen molar-refractivity contribution < 1.29 is 0 Å². The van der Waals surface area contributed by atoms with Gasteiger partial charge < -0.3 is 5.73 Å². The van der Waals surface area contributed by atoms with E-state index < -0.39 is 0 Å². The van der Waals surface area contributed by atoms with Gasteiger partial charge in [0.15, 0.2) is 0 Å². The number of benzene rings is 1. The summed E-state index contributed by atoms with van der Waals surface area (Å²) in [5, 5.41) is 1.32. The van der Waals surface area contributed by atoms with Crippen LogP contribution < -0.4 is 5.73 Å². The molecule has 14 heavy (non-hydrogen) atoms. The molecule has 2 N–H and O–H groups in total. The lowest BCUT2D eigenvalue weighted by molar-refractivity contribution is 1.01. The van der Waals surface area contributed by atoms with Gasteiger partial charge in [-0.25, -0.2) is 0 Å². The highest BCUT2D eigenvalue weighted by molar-refractivity contribution is 7.19. The average Bonchev–Trinajstić information content (AvgIpc) is 2.60. The molecule has 0 radical (unpaired) electrons. The number of rotatable bonds is 3. The van der Waals surface area contributed by atoms with Crippen molar-refractivity contribution in [3.05, 3.63) is 41.3 Å². The van der Waals surface area contributed by atoms with Crippen LogP contribution in [0.25, 0.3) is 16.2 Å². The normalized spacial score (nSPS) is 11.5. The Balaban J connectivity index is 2.27. The van der Waals surface area contributed by atoms with Crippen molar-refractivity contribution in [3.63, 3.8) is 0 Å². The van der Waals surface area contributed by atoms with Crippen molar-refractivity contribution in [2.45, 2.75) is 6.42 Å². The second-order valence-electron chi connectivity index (χ2n) is 3.17. The van der Waals surface area contributed by atoms with Crippen molar-refractivity contribution in [1.29, 1.82) is 0 Å². The molecule has 2 rings (SSSR count). The van der Waals surface area contributed by atoms with Crippen molar-refractivity contribution >= 4 is 27.5 Å². The van der Waals surface area contributed by atoms with E-state index >= 15 is 0 Å². The summed E-state index contributed by atoms with van der Waals surface area (Å²) < 4.78 is 1.35. The van der Waals surface area contributed by atoms with E-state index in [4.69, 9.17) is 5.73 Å². The molecule has 0 aliphatic carbocycles. The Morgan fingerprint density at radius 1 is 1.29 bits per heavy atom. The van der Waals surface area contributed by atoms with Gasteiger partial charge in [0.2, 0.25) is 0 Å². The molecule has 2 aromatic rings. The average molecular weight is 203 g/mol. The van der Waals surface area contributed by atoms with Crippen molar-refractivity contribution in [2.24, 2.45) is 5.73 Å². The van der Waals surface area contributed by atoms with Crippen LogP contribution >= 0.6 is 11.3 Å². The van der Waals surface area contributed by atoms with E-state index in [9.17, 15) is 0 Å². The highest BCUT2D eigenvalue weighted by Crippen LogP contribution is 2.26. The van der Waals surface area contributed by atoms with Crippen LogP contribution in [0.1, 0.15) is 11.3 Å². The van der Waals surface area contributed by atoms with E-state index in [0.29, 0.717) is 0 Å². The Hall–Kier alpha value is -1.12. The summed E-state index contributed by atoms with van der Waals surface area (Å²) in [6.45, 7) is 0.724. The lowest BCUT2D eigenvalue weighted by Crippen LogP contribution is -1.94. The van der Waals surface area contributed by atoms with Crippen molar-refractivity contribution in [3.8, 4) is 0 Å². The first-order valence-electron chi connectivity index (χ1n) is 4.75. The standard InChI is InChI=1S/C12H13NS/c13-8-4-3-6-11-9-10-5-1-2-7-12(10)14-11/h1-3,5-7,9H,4,8,13H2. The molecule has 0 aliphatic heterocycles. The summed E-state index contributed by atoms with van der Waals surface area (Å²) in [5.74, 6) is 0. The monoisotopic (exact) mass is 203 g/mol. The predicted octanol–water partition coefficient (Wildman–Crippen LogP) is 3.26. The fraction of sp³-hybridized carbons (Fsp3) is 0.167. The van der Waals surface area contributed by atoms with Gasteiger partial charge in [0.25, 0.3) is 0 Å². The van der Waals surface area contributed by atoms with Gasteiger partial charge >= 0.3 is 0 Å². The lowest BCUT2D eigenvalue weighted by atomic mass is 10.2. The van der Waals surface area contributed by atoms with E-state index in [0.717, 1.165) is 13.0 Å². The van der Waals surface area contributed by atoms with Crippen LogP contribution in [0.15, 0.2) is 36.4 Å². The fourth-order valence-electron chi connectivity index (χ4n) is 1.38. The second kappa shape index (κ2) is 4.40. The zero-order valence-corrected chi connectivity index (χ0v) is 8.76. The smallest absolute Gasteiger partial charge is 0.0349 e. The first-order valence-corrected chi connectivity index (χ1v) is 5.57. The topological polar surface area (TPSA) is 26.0 Å². The molecule has 1 aromatic carbocycles. The molecule has 1 aromatic heterocycles. The lowest BCUT2D eigenvalue weighted by Gasteiger charge is -1.83. The minimum atomic E-state index is 0.724. The highest BCUT2D eigenvalue weighted by Gasteiger charge is 1.96. The summed E-state index contributed by atoms with van der Waals surface area (Å²) >= 11 is 1.82. The molecule has 0 saturated carbocycles. The molecule has 0 bridgehead atoms. The van der Waals surface area contributed by atoms with E-state index in [1.165, 1.54) is 15.0 Å². The summed E-state index contributed by atoms with van der Waals surface area (Å²) in [5.41, 5.74) is 5.42. The van der Waals surface area contributed by atoms with Gasteiger partial charge in [-0.2, -0.15) is 0 Å². The Labute approximate surface area is 87.9 Å². The number of fused-ring (bicyclic) bond motifs is 1. The SMILES string of the molecule is NCCC=Cc1cc2ccccc2s1. The van der Waals surface area contributed by atoms with E-state index in [-0.39, 0.29) is 0 Å². The Morgan fingerprint density at radius 2 is 2.14 bits per heavy atom. The number of nitrogens with two attached hydrogens (primary N) is 1. The van der Waals surface area contributed by atoms with Gasteiger partial charge in [0.1, 0.15) is 0 Å². The molecule has 1 nitrogen and oxygen atoms in total. The fourth-order valence-corrected chi connectivity index (χ4v) is 2.38. The third-order valence-corrected chi connectivity index (χ3v) is 3.14. The van der Waals surface area contributed by atoms with Crippen molar-refractivity contribution in [1.82, 2.24) is 0 Å². The predicted molar refractivity (Wildman–Crippen MR) is 64.5 cm³/mol. The Kier molecular flexibility index (Phi) is 2.96. The van der Waals surface area contributed by atoms with Crippen LogP contribution in [0, 0.1) is 0 Å². The van der Waals surface area contributed by atoms with E-state index in [1.807, 2.05) is 11.3 Å². The van der Waals surface area contributed by atoms with E-state index in [1.54, 1.807) is 0 Å². The van der Waals surface area contributed by atoms with Crippen LogP contribution in [0.2, 0.25) is 0 Å². The molecule has 0 aliphatic rings. The zero-order valence-electron chi connectivity index (χ0n) is 7.94. The molecule has 0 atom stereocenters. The molecule has 72 valence electrons. The number of thiophene rings is 1. The summed E-state index contributed by atoms with van der Waals surface area (Å²) in [7, 11) is 0. The Bertz CT molecular complexity index is 409. The van der Waals surface area contributed by atoms with Gasteiger partial charge in [-0.3, -0.25) is 0 Å². The zero-order chi connectivity index (χ0) is 9.80. The third kappa shape index (κ3) is 2.03. The Morgan fingerprint density at radius 3 is 2.93 bits per heavy atom. The van der Waals surface area contributed by atoms with Gasteiger partial charge in [-0.1, -0.05) is 24.3 Å². The van der Waals surface area contributed by atoms with Crippen LogP contribution in [-0.4, -0.2) is 6.54 Å². The van der Waals surface area contributed by atoms with Gasteiger partial charge in [-0.15, -0.1) is 11.3 Å². The molecular formula is C12H13NS. The number of hydrogen-bond donors (Lipinski definition) is 1. The van der Waals surface area contributed by atoms with Crippen LogP contribution in [0.4, 0.5) is 0 Å². The largest absolute Gasteiger partial charge is 0.330 e. The minimum Gasteiger partial charge on any atom is -0.330 e. The first kappa shape index (κ1) is 9.44. The maximum atomic E-state index is 5.42. The molecule has 0 spiro atoms. The molecule has 0 fully saturated rings. The van der Waals surface area contributed by atoms with Gasteiger partial charge in [-0.05, 0) is 36.6 Å².